The van der Waals surface area contributed by atoms with Crippen LogP contribution in [0.1, 0.15) is 42.7 Å². The number of likely N-dealkylation sites (tertiary alicyclic amines) is 1. The molecule has 114 valence electrons. The number of hydrogen-bond acceptors (Lipinski definition) is 2. The van der Waals surface area contributed by atoms with Crippen LogP contribution >= 0.6 is 0 Å². The quantitative estimate of drug-likeness (QED) is 0.896. The summed E-state index contributed by atoms with van der Waals surface area (Å²) in [4.78, 5) is 14.1. The molecule has 2 aliphatic rings. The Kier molecular flexibility index (Phi) is 4.44. The molecule has 2 unspecified atom stereocenters. The Labute approximate surface area is 126 Å². The van der Waals surface area contributed by atoms with Crippen LogP contribution in [0.15, 0.2) is 24.3 Å². The van der Waals surface area contributed by atoms with Gasteiger partial charge in [0.25, 0.3) is 0 Å². The van der Waals surface area contributed by atoms with Gasteiger partial charge in [-0.15, -0.1) is 0 Å². The second kappa shape index (κ2) is 6.48. The van der Waals surface area contributed by atoms with Crippen molar-refractivity contribution in [3.8, 4) is 0 Å². The van der Waals surface area contributed by atoms with Crippen LogP contribution in [0.3, 0.4) is 0 Å². The maximum absolute atomic E-state index is 12.3. The van der Waals surface area contributed by atoms with Crippen molar-refractivity contribution in [1.82, 2.24) is 10.2 Å². The van der Waals surface area contributed by atoms with Crippen molar-refractivity contribution in [1.29, 1.82) is 0 Å². The Bertz CT molecular complexity index is 503. The van der Waals surface area contributed by atoms with Crippen molar-refractivity contribution in [3.63, 3.8) is 0 Å². The average molecular weight is 288 g/mol. The number of fused-ring (bicyclic) bond motifs is 1. The normalized spacial score (nSPS) is 24.7. The van der Waals surface area contributed by atoms with Gasteiger partial charge in [-0.3, -0.25) is 0 Å². The van der Waals surface area contributed by atoms with Gasteiger partial charge in [0.2, 0.25) is 0 Å². The van der Waals surface area contributed by atoms with Gasteiger partial charge in [-0.25, -0.2) is 4.79 Å². The Balaban J connectivity index is 1.60. The zero-order chi connectivity index (χ0) is 14.7. The highest BCUT2D eigenvalue weighted by atomic mass is 16.3. The van der Waals surface area contributed by atoms with Crippen LogP contribution in [0.5, 0.6) is 0 Å². The highest BCUT2D eigenvalue weighted by Gasteiger charge is 2.28. The van der Waals surface area contributed by atoms with Crippen molar-refractivity contribution in [2.75, 3.05) is 19.7 Å². The van der Waals surface area contributed by atoms with E-state index in [1.165, 1.54) is 17.5 Å². The molecule has 0 aromatic heterocycles. The lowest BCUT2D eigenvalue weighted by Gasteiger charge is -2.28. The fraction of sp³-hybridized carbons (Fsp3) is 0.588. The first-order valence-electron chi connectivity index (χ1n) is 8.02. The van der Waals surface area contributed by atoms with E-state index in [1.807, 2.05) is 0 Å². The van der Waals surface area contributed by atoms with E-state index in [0.29, 0.717) is 12.5 Å². The van der Waals surface area contributed by atoms with Crippen molar-refractivity contribution < 1.29 is 9.90 Å². The Morgan fingerprint density at radius 2 is 2.14 bits per heavy atom. The highest BCUT2D eigenvalue weighted by Crippen LogP contribution is 2.30. The molecule has 1 aliphatic carbocycles. The number of urea groups is 1. The third-order valence-corrected chi connectivity index (χ3v) is 4.84. The number of nitrogens with one attached hydrogen (secondary N) is 1. The summed E-state index contributed by atoms with van der Waals surface area (Å²) >= 11 is 0. The minimum atomic E-state index is -0.0189. The molecule has 1 aromatic rings. The Morgan fingerprint density at radius 1 is 1.29 bits per heavy atom. The van der Waals surface area contributed by atoms with E-state index in [2.05, 4.69) is 29.6 Å². The maximum Gasteiger partial charge on any atom is 0.317 e. The lowest BCUT2D eigenvalue weighted by molar-refractivity contribution is 0.156. The molecule has 1 heterocycles. The first kappa shape index (κ1) is 14.4. The Hall–Kier alpha value is -1.55. The van der Waals surface area contributed by atoms with Gasteiger partial charge in [0, 0.05) is 19.0 Å². The van der Waals surface area contributed by atoms with Gasteiger partial charge in [-0.05, 0) is 43.2 Å². The number of carbonyl (C=O) groups excluding carboxylic acids is 1. The molecule has 1 aliphatic heterocycles. The summed E-state index contributed by atoms with van der Waals surface area (Å²) in [5.41, 5.74) is 2.82. The molecule has 4 nitrogen and oxygen atoms in total. The van der Waals surface area contributed by atoms with Gasteiger partial charge < -0.3 is 15.3 Å². The first-order valence-corrected chi connectivity index (χ1v) is 8.02. The van der Waals surface area contributed by atoms with E-state index in [-0.39, 0.29) is 18.7 Å². The van der Waals surface area contributed by atoms with Crippen molar-refractivity contribution in [3.05, 3.63) is 35.4 Å². The number of rotatable bonds is 3. The molecule has 2 amide bonds. The molecule has 0 spiro atoms. The number of carbonyl (C=O) groups is 1. The number of benzene rings is 1. The van der Waals surface area contributed by atoms with Crippen LogP contribution in [-0.4, -0.2) is 41.8 Å². The van der Waals surface area contributed by atoms with E-state index < -0.39 is 0 Å². The Morgan fingerprint density at radius 3 is 3.00 bits per heavy atom. The largest absolute Gasteiger partial charge is 0.394 e. The van der Waals surface area contributed by atoms with Gasteiger partial charge in [0.15, 0.2) is 0 Å². The minimum absolute atomic E-state index is 0.00337. The predicted octanol–water partition coefficient (Wildman–Crippen LogP) is 2.27. The predicted molar refractivity (Wildman–Crippen MR) is 82.3 cm³/mol. The smallest absolute Gasteiger partial charge is 0.317 e. The van der Waals surface area contributed by atoms with Gasteiger partial charge >= 0.3 is 6.03 Å². The first-order chi connectivity index (χ1) is 10.3. The second-order valence-electron chi connectivity index (χ2n) is 6.15. The third kappa shape index (κ3) is 3.05. The van der Waals surface area contributed by atoms with Gasteiger partial charge in [-0.2, -0.15) is 0 Å². The minimum Gasteiger partial charge on any atom is -0.394 e. The van der Waals surface area contributed by atoms with E-state index >= 15 is 0 Å². The van der Waals surface area contributed by atoms with Gasteiger partial charge in [0.05, 0.1) is 12.6 Å². The van der Waals surface area contributed by atoms with Crippen LogP contribution in [-0.2, 0) is 6.42 Å². The molecular weight excluding hydrogens is 264 g/mol. The van der Waals surface area contributed by atoms with Crippen molar-refractivity contribution >= 4 is 6.03 Å². The van der Waals surface area contributed by atoms with Crippen LogP contribution in [0.25, 0.3) is 0 Å². The van der Waals surface area contributed by atoms with Crippen molar-refractivity contribution in [2.24, 2.45) is 0 Å². The lowest BCUT2D eigenvalue weighted by Crippen LogP contribution is -2.45. The number of hydrogen-bond donors (Lipinski definition) is 2. The van der Waals surface area contributed by atoms with Crippen LogP contribution in [0.4, 0.5) is 4.79 Å². The standard InChI is InChI=1S/C17H24N2O2/c20-12-15-8-4-10-19(15)17(21)18-11-14-7-3-6-13-5-1-2-9-16(13)14/h1-2,5,9,14-15,20H,3-4,6-8,10-12H2,(H,18,21). The van der Waals surface area contributed by atoms with Crippen LogP contribution in [0.2, 0.25) is 0 Å². The number of nitrogens with zero attached hydrogens (tertiary/aromatic N) is 1. The third-order valence-electron chi connectivity index (χ3n) is 4.84. The molecule has 0 bridgehead atoms. The summed E-state index contributed by atoms with van der Waals surface area (Å²) in [5.74, 6) is 0.425. The molecule has 0 saturated carbocycles. The number of aryl methyl sites for hydroxylation is 1. The monoisotopic (exact) mass is 288 g/mol. The van der Waals surface area contributed by atoms with E-state index in [4.69, 9.17) is 0 Å². The van der Waals surface area contributed by atoms with Crippen LogP contribution in [0, 0.1) is 0 Å². The molecule has 3 rings (SSSR count). The topological polar surface area (TPSA) is 52.6 Å². The molecule has 0 radical (unpaired) electrons. The summed E-state index contributed by atoms with van der Waals surface area (Å²) in [6.07, 6.45) is 5.39. The molecule has 1 fully saturated rings. The highest BCUT2D eigenvalue weighted by molar-refractivity contribution is 5.75. The molecule has 2 N–H and O–H groups in total. The molecule has 2 atom stereocenters. The summed E-state index contributed by atoms with van der Waals surface area (Å²) in [7, 11) is 0. The van der Waals surface area contributed by atoms with Gasteiger partial charge in [0.1, 0.15) is 0 Å². The van der Waals surface area contributed by atoms with E-state index in [0.717, 1.165) is 32.2 Å². The maximum atomic E-state index is 12.3. The second-order valence-corrected chi connectivity index (χ2v) is 6.15. The SMILES string of the molecule is O=C(NCC1CCCc2ccccc21)N1CCCC1CO. The molecule has 4 heteroatoms. The van der Waals surface area contributed by atoms with E-state index in [1.54, 1.807) is 4.90 Å². The average Bonchev–Trinajstić information content (AvgIpc) is 3.01. The number of aliphatic hydroxyl groups excluding tert-OH is 1. The lowest BCUT2D eigenvalue weighted by atomic mass is 9.83. The zero-order valence-corrected chi connectivity index (χ0v) is 12.4. The van der Waals surface area contributed by atoms with Gasteiger partial charge in [-0.1, -0.05) is 24.3 Å². The summed E-state index contributed by atoms with van der Waals surface area (Å²) in [5, 5.41) is 12.4. The molecule has 21 heavy (non-hydrogen) atoms. The number of amides is 2. The van der Waals surface area contributed by atoms with E-state index in [9.17, 15) is 9.90 Å². The molecule has 1 aromatic carbocycles. The number of aliphatic hydroxyl groups is 1. The summed E-state index contributed by atoms with van der Waals surface area (Å²) in [6.45, 7) is 1.53. The fourth-order valence-electron chi connectivity index (χ4n) is 3.67. The van der Waals surface area contributed by atoms with Crippen molar-refractivity contribution in [2.45, 2.75) is 44.1 Å². The summed E-state index contributed by atoms with van der Waals surface area (Å²) in [6, 6.07) is 8.55. The zero-order valence-electron chi connectivity index (χ0n) is 12.4. The molecule has 1 saturated heterocycles. The van der Waals surface area contributed by atoms with Crippen LogP contribution < -0.4 is 5.32 Å². The molecular formula is C17H24N2O2. The summed E-state index contributed by atoms with van der Waals surface area (Å²) < 4.78 is 0. The fourth-order valence-corrected chi connectivity index (χ4v) is 3.67.